The average Bonchev–Trinajstić information content (AvgIpc) is 2.38. The van der Waals surface area contributed by atoms with E-state index >= 15 is 0 Å². The molecule has 0 atom stereocenters. The van der Waals surface area contributed by atoms with Crippen LogP contribution in [-0.2, 0) is 0 Å². The highest BCUT2D eigenvalue weighted by molar-refractivity contribution is 5.41. The first kappa shape index (κ1) is 11.3. The van der Waals surface area contributed by atoms with Crippen molar-refractivity contribution in [3.63, 3.8) is 0 Å². The fourth-order valence-corrected chi connectivity index (χ4v) is 1.40. The number of anilines is 1. The quantitative estimate of drug-likeness (QED) is 0.633. The minimum atomic E-state index is 0.513. The second-order valence-corrected chi connectivity index (χ2v) is 3.58. The molecule has 0 bridgehead atoms. The number of hydrogen-bond acceptors (Lipinski definition) is 3. The number of nitrogens with two attached hydrogens (primary N) is 1. The molecule has 0 radical (unpaired) electrons. The first-order valence-corrected chi connectivity index (χ1v) is 5.51. The highest BCUT2D eigenvalue weighted by Crippen LogP contribution is 2.13. The summed E-state index contributed by atoms with van der Waals surface area (Å²) in [5.74, 6) is 1.66. The predicted octanol–water partition coefficient (Wildman–Crippen LogP) is 2.73. The van der Waals surface area contributed by atoms with Crippen LogP contribution in [0.4, 0.5) is 5.69 Å². The van der Waals surface area contributed by atoms with Crippen molar-refractivity contribution in [3.05, 3.63) is 54.6 Å². The SMILES string of the molecule is Nc1ccc(OCCOc2ccccc2)cc1. The summed E-state index contributed by atoms with van der Waals surface area (Å²) in [6, 6.07) is 17.0. The Morgan fingerprint density at radius 1 is 0.706 bits per heavy atom. The van der Waals surface area contributed by atoms with Gasteiger partial charge in [0.15, 0.2) is 0 Å². The van der Waals surface area contributed by atoms with Crippen molar-refractivity contribution in [1.82, 2.24) is 0 Å². The predicted molar refractivity (Wildman–Crippen MR) is 68.3 cm³/mol. The van der Waals surface area contributed by atoms with Gasteiger partial charge in [0.2, 0.25) is 0 Å². The summed E-state index contributed by atoms with van der Waals surface area (Å²) in [7, 11) is 0. The monoisotopic (exact) mass is 229 g/mol. The first-order valence-electron chi connectivity index (χ1n) is 5.51. The van der Waals surface area contributed by atoms with Crippen LogP contribution >= 0.6 is 0 Å². The highest BCUT2D eigenvalue weighted by atomic mass is 16.5. The van der Waals surface area contributed by atoms with Gasteiger partial charge in [-0.3, -0.25) is 0 Å². The lowest BCUT2D eigenvalue weighted by Gasteiger charge is -2.08. The summed E-state index contributed by atoms with van der Waals surface area (Å²) in [5, 5.41) is 0. The molecule has 0 aliphatic heterocycles. The molecular weight excluding hydrogens is 214 g/mol. The molecule has 0 aliphatic rings. The van der Waals surface area contributed by atoms with Gasteiger partial charge in [0, 0.05) is 5.69 Å². The molecule has 2 rings (SSSR count). The molecule has 0 amide bonds. The minimum Gasteiger partial charge on any atom is -0.490 e. The van der Waals surface area contributed by atoms with E-state index in [0.717, 1.165) is 17.2 Å². The zero-order valence-corrected chi connectivity index (χ0v) is 9.50. The maximum atomic E-state index is 5.58. The van der Waals surface area contributed by atoms with Crippen molar-refractivity contribution in [1.29, 1.82) is 0 Å². The summed E-state index contributed by atoms with van der Waals surface area (Å²) in [5.41, 5.74) is 6.31. The molecule has 2 aromatic carbocycles. The van der Waals surface area contributed by atoms with Crippen LogP contribution in [0.3, 0.4) is 0 Å². The molecule has 0 heterocycles. The number of ether oxygens (including phenoxy) is 2. The molecule has 0 aromatic heterocycles. The van der Waals surface area contributed by atoms with E-state index in [0.29, 0.717) is 13.2 Å². The zero-order valence-electron chi connectivity index (χ0n) is 9.50. The van der Waals surface area contributed by atoms with Gasteiger partial charge in [-0.25, -0.2) is 0 Å². The lowest BCUT2D eigenvalue weighted by molar-refractivity contribution is 0.217. The molecule has 0 aliphatic carbocycles. The van der Waals surface area contributed by atoms with Crippen LogP contribution in [0, 0.1) is 0 Å². The average molecular weight is 229 g/mol. The number of para-hydroxylation sites is 1. The first-order chi connectivity index (χ1) is 8.34. The molecule has 0 unspecified atom stereocenters. The van der Waals surface area contributed by atoms with E-state index in [1.54, 1.807) is 0 Å². The van der Waals surface area contributed by atoms with E-state index < -0.39 is 0 Å². The number of rotatable bonds is 5. The molecule has 0 saturated carbocycles. The largest absolute Gasteiger partial charge is 0.490 e. The highest BCUT2D eigenvalue weighted by Gasteiger charge is 1.94. The Bertz CT molecular complexity index is 440. The molecule has 3 nitrogen and oxygen atoms in total. The third-order valence-corrected chi connectivity index (χ3v) is 2.24. The van der Waals surface area contributed by atoms with Crippen LogP contribution in [0.1, 0.15) is 0 Å². The van der Waals surface area contributed by atoms with Crippen molar-refractivity contribution in [3.8, 4) is 11.5 Å². The van der Waals surface area contributed by atoms with Crippen molar-refractivity contribution < 1.29 is 9.47 Å². The summed E-state index contributed by atoms with van der Waals surface area (Å²) >= 11 is 0. The molecule has 0 saturated heterocycles. The molecular formula is C14H15NO2. The fourth-order valence-electron chi connectivity index (χ4n) is 1.40. The van der Waals surface area contributed by atoms with Crippen LogP contribution in [0.15, 0.2) is 54.6 Å². The Hall–Kier alpha value is -2.16. The van der Waals surface area contributed by atoms with Gasteiger partial charge in [-0.1, -0.05) is 18.2 Å². The Balaban J connectivity index is 1.71. The second kappa shape index (κ2) is 5.80. The van der Waals surface area contributed by atoms with Gasteiger partial charge in [-0.2, -0.15) is 0 Å². The van der Waals surface area contributed by atoms with Gasteiger partial charge in [-0.05, 0) is 36.4 Å². The molecule has 0 spiro atoms. The minimum absolute atomic E-state index is 0.513. The van der Waals surface area contributed by atoms with E-state index in [2.05, 4.69) is 0 Å². The molecule has 2 N–H and O–H groups in total. The Morgan fingerprint density at radius 2 is 1.24 bits per heavy atom. The maximum absolute atomic E-state index is 5.58. The summed E-state index contributed by atoms with van der Waals surface area (Å²) in [6.45, 7) is 1.03. The Kier molecular flexibility index (Phi) is 3.86. The van der Waals surface area contributed by atoms with Gasteiger partial charge >= 0.3 is 0 Å². The van der Waals surface area contributed by atoms with E-state index in [-0.39, 0.29) is 0 Å². The maximum Gasteiger partial charge on any atom is 0.122 e. The van der Waals surface area contributed by atoms with Crippen molar-refractivity contribution in [2.45, 2.75) is 0 Å². The third kappa shape index (κ3) is 3.72. The van der Waals surface area contributed by atoms with Gasteiger partial charge < -0.3 is 15.2 Å². The van der Waals surface area contributed by atoms with E-state index in [9.17, 15) is 0 Å². The topological polar surface area (TPSA) is 44.5 Å². The van der Waals surface area contributed by atoms with Crippen molar-refractivity contribution in [2.75, 3.05) is 18.9 Å². The zero-order chi connectivity index (χ0) is 11.9. The molecule has 88 valence electrons. The van der Waals surface area contributed by atoms with Crippen LogP contribution in [0.5, 0.6) is 11.5 Å². The van der Waals surface area contributed by atoms with Gasteiger partial charge in [0.25, 0.3) is 0 Å². The van der Waals surface area contributed by atoms with E-state index in [1.165, 1.54) is 0 Å². The second-order valence-electron chi connectivity index (χ2n) is 3.58. The smallest absolute Gasteiger partial charge is 0.122 e. The van der Waals surface area contributed by atoms with Crippen LogP contribution in [0.25, 0.3) is 0 Å². The third-order valence-electron chi connectivity index (χ3n) is 2.24. The lowest BCUT2D eigenvalue weighted by Crippen LogP contribution is -2.08. The lowest BCUT2D eigenvalue weighted by atomic mass is 10.3. The number of benzene rings is 2. The standard InChI is InChI=1S/C14H15NO2/c15-12-6-8-14(9-7-12)17-11-10-16-13-4-2-1-3-5-13/h1-9H,10-11,15H2. The van der Waals surface area contributed by atoms with Gasteiger partial charge in [0.1, 0.15) is 24.7 Å². The van der Waals surface area contributed by atoms with E-state index in [4.69, 9.17) is 15.2 Å². The van der Waals surface area contributed by atoms with E-state index in [1.807, 2.05) is 54.6 Å². The summed E-state index contributed by atoms with van der Waals surface area (Å²) in [4.78, 5) is 0. The molecule has 2 aromatic rings. The molecule has 3 heteroatoms. The Labute approximate surface area is 101 Å². The number of hydrogen-bond donors (Lipinski definition) is 1. The number of nitrogen functional groups attached to an aromatic ring is 1. The summed E-state index contributed by atoms with van der Waals surface area (Å²) in [6.07, 6.45) is 0. The van der Waals surface area contributed by atoms with Crippen LogP contribution in [0.2, 0.25) is 0 Å². The normalized spacial score (nSPS) is 9.88. The van der Waals surface area contributed by atoms with Crippen LogP contribution in [-0.4, -0.2) is 13.2 Å². The molecule has 0 fully saturated rings. The van der Waals surface area contributed by atoms with Crippen molar-refractivity contribution >= 4 is 5.69 Å². The van der Waals surface area contributed by atoms with Crippen molar-refractivity contribution in [2.24, 2.45) is 0 Å². The summed E-state index contributed by atoms with van der Waals surface area (Å²) < 4.78 is 11.0. The fraction of sp³-hybridized carbons (Fsp3) is 0.143. The van der Waals surface area contributed by atoms with Gasteiger partial charge in [-0.15, -0.1) is 0 Å². The van der Waals surface area contributed by atoms with Gasteiger partial charge in [0.05, 0.1) is 0 Å². The molecule has 17 heavy (non-hydrogen) atoms. The Morgan fingerprint density at radius 3 is 1.82 bits per heavy atom. The van der Waals surface area contributed by atoms with Crippen LogP contribution < -0.4 is 15.2 Å².